The van der Waals surface area contributed by atoms with Crippen molar-refractivity contribution in [1.29, 1.82) is 0 Å². The van der Waals surface area contributed by atoms with E-state index in [2.05, 4.69) is 9.97 Å². The summed E-state index contributed by atoms with van der Waals surface area (Å²) in [6.45, 7) is 0. The van der Waals surface area contributed by atoms with Crippen LogP contribution in [0.25, 0.3) is 0 Å². The summed E-state index contributed by atoms with van der Waals surface area (Å²) < 4.78 is 29.4. The van der Waals surface area contributed by atoms with Gasteiger partial charge in [0.15, 0.2) is 9.84 Å². The Morgan fingerprint density at radius 2 is 1.80 bits per heavy atom. The Balaban J connectivity index is 1.93. The molecule has 7 heteroatoms. The molecule has 110 valence electrons. The van der Waals surface area contributed by atoms with E-state index < -0.39 is 25.9 Å². The molecule has 0 spiro atoms. The van der Waals surface area contributed by atoms with Gasteiger partial charge in [0, 0.05) is 18.0 Å². The Morgan fingerprint density at radius 3 is 2.30 bits per heavy atom. The number of hydrogen-bond acceptors (Lipinski definition) is 6. The normalized spacial score (nSPS) is 35.5. The molecule has 2 aliphatic rings. The molecular formula is C13H18N2O4S. The van der Waals surface area contributed by atoms with Crippen molar-refractivity contribution in [2.24, 2.45) is 0 Å². The fourth-order valence-corrected chi connectivity index (χ4v) is 5.90. The minimum atomic E-state index is -3.08. The van der Waals surface area contributed by atoms with Crippen LogP contribution in [0.1, 0.15) is 37.7 Å². The molecule has 0 amide bonds. The summed E-state index contributed by atoms with van der Waals surface area (Å²) in [5, 5.41) is 9.97. The maximum Gasteiger partial charge on any atom is 0.316 e. The van der Waals surface area contributed by atoms with Crippen LogP contribution in [-0.4, -0.2) is 41.1 Å². The number of methoxy groups -OCH3 is 1. The van der Waals surface area contributed by atoms with Crippen molar-refractivity contribution in [3.8, 4) is 6.01 Å². The van der Waals surface area contributed by atoms with Crippen molar-refractivity contribution in [2.45, 2.75) is 48.2 Å². The Labute approximate surface area is 118 Å². The molecule has 2 unspecified atom stereocenters. The van der Waals surface area contributed by atoms with E-state index in [0.717, 1.165) is 6.42 Å². The highest BCUT2D eigenvalue weighted by Crippen LogP contribution is 2.45. The number of ether oxygens (including phenoxy) is 1. The molecule has 1 aromatic heterocycles. The van der Waals surface area contributed by atoms with E-state index in [1.54, 1.807) is 0 Å². The average Bonchev–Trinajstić information content (AvgIpc) is 2.41. The molecule has 3 heterocycles. The zero-order valence-corrected chi connectivity index (χ0v) is 12.1. The fourth-order valence-electron chi connectivity index (χ4n) is 3.34. The second-order valence-corrected chi connectivity index (χ2v) is 8.17. The molecule has 2 bridgehead atoms. The molecule has 0 saturated carbocycles. The van der Waals surface area contributed by atoms with E-state index in [-0.39, 0.29) is 18.9 Å². The highest BCUT2D eigenvalue weighted by molar-refractivity contribution is 7.92. The molecule has 0 radical (unpaired) electrons. The van der Waals surface area contributed by atoms with Gasteiger partial charge in [0.1, 0.15) is 0 Å². The van der Waals surface area contributed by atoms with Gasteiger partial charge in [0.05, 0.1) is 23.2 Å². The van der Waals surface area contributed by atoms with Crippen LogP contribution in [0, 0.1) is 0 Å². The molecule has 3 rings (SSSR count). The minimum Gasteiger partial charge on any atom is -0.467 e. The SMILES string of the molecule is COc1ncc(C2(O)CC3CCCC(C2)S3(=O)=O)cn1. The molecule has 2 aliphatic heterocycles. The number of fused-ring (bicyclic) bond motifs is 2. The number of nitrogens with zero attached hydrogens (tertiary/aromatic N) is 2. The maximum absolute atomic E-state index is 12.3. The fraction of sp³-hybridized carbons (Fsp3) is 0.692. The smallest absolute Gasteiger partial charge is 0.316 e. The van der Waals surface area contributed by atoms with E-state index in [0.29, 0.717) is 18.4 Å². The van der Waals surface area contributed by atoms with E-state index in [1.807, 2.05) is 0 Å². The first-order valence-corrected chi connectivity index (χ1v) is 8.38. The van der Waals surface area contributed by atoms with Crippen LogP contribution in [0.15, 0.2) is 12.4 Å². The third kappa shape index (κ3) is 2.09. The van der Waals surface area contributed by atoms with Gasteiger partial charge in [0.2, 0.25) is 0 Å². The molecule has 2 saturated heterocycles. The number of sulfone groups is 1. The first-order valence-electron chi connectivity index (χ1n) is 6.77. The number of hydrogen-bond donors (Lipinski definition) is 1. The lowest BCUT2D eigenvalue weighted by molar-refractivity contribution is 0.00427. The molecule has 1 N–H and O–H groups in total. The average molecular weight is 298 g/mol. The molecular weight excluding hydrogens is 280 g/mol. The standard InChI is InChI=1S/C13H18N2O4S/c1-19-12-14-7-9(8-15-12)13(16)5-10-3-2-4-11(6-13)20(10,17)18/h7-8,10-11,16H,2-6H2,1H3. The first kappa shape index (κ1) is 13.8. The van der Waals surface area contributed by atoms with Crippen molar-refractivity contribution in [3.63, 3.8) is 0 Å². The van der Waals surface area contributed by atoms with Gasteiger partial charge >= 0.3 is 6.01 Å². The summed E-state index contributed by atoms with van der Waals surface area (Å²) in [7, 11) is -1.61. The van der Waals surface area contributed by atoms with Gasteiger partial charge in [-0.3, -0.25) is 0 Å². The number of aliphatic hydroxyl groups is 1. The van der Waals surface area contributed by atoms with Crippen LogP contribution < -0.4 is 4.74 Å². The predicted molar refractivity (Wildman–Crippen MR) is 72.1 cm³/mol. The van der Waals surface area contributed by atoms with Crippen molar-refractivity contribution in [2.75, 3.05) is 7.11 Å². The Hall–Kier alpha value is -1.21. The summed E-state index contributed by atoms with van der Waals surface area (Å²) >= 11 is 0. The van der Waals surface area contributed by atoms with E-state index in [9.17, 15) is 13.5 Å². The predicted octanol–water partition coefficient (Wildman–Crippen LogP) is 0.802. The third-order valence-corrected chi connectivity index (χ3v) is 7.12. The third-order valence-electron chi connectivity index (χ3n) is 4.46. The van der Waals surface area contributed by atoms with Gasteiger partial charge in [-0.1, -0.05) is 6.42 Å². The van der Waals surface area contributed by atoms with Crippen LogP contribution in [0.4, 0.5) is 0 Å². The molecule has 0 aromatic carbocycles. The second-order valence-electron chi connectivity index (χ2n) is 5.66. The summed E-state index contributed by atoms with van der Waals surface area (Å²) in [5.74, 6) is 0. The van der Waals surface area contributed by atoms with Gasteiger partial charge in [-0.05, 0) is 25.7 Å². The van der Waals surface area contributed by atoms with Gasteiger partial charge in [-0.2, -0.15) is 0 Å². The van der Waals surface area contributed by atoms with Crippen LogP contribution in [0.3, 0.4) is 0 Å². The highest BCUT2D eigenvalue weighted by Gasteiger charge is 2.51. The van der Waals surface area contributed by atoms with Gasteiger partial charge in [-0.15, -0.1) is 0 Å². The molecule has 2 fully saturated rings. The van der Waals surface area contributed by atoms with Gasteiger partial charge in [-0.25, -0.2) is 18.4 Å². The zero-order valence-electron chi connectivity index (χ0n) is 11.3. The Bertz CT molecular complexity index is 579. The lowest BCUT2D eigenvalue weighted by atomic mass is 9.81. The van der Waals surface area contributed by atoms with Crippen molar-refractivity contribution >= 4 is 9.84 Å². The Kier molecular flexibility index (Phi) is 3.21. The van der Waals surface area contributed by atoms with Crippen molar-refractivity contribution in [3.05, 3.63) is 18.0 Å². The monoisotopic (exact) mass is 298 g/mol. The number of rotatable bonds is 2. The number of aromatic nitrogens is 2. The minimum absolute atomic E-state index is 0.237. The molecule has 0 aliphatic carbocycles. The lowest BCUT2D eigenvalue weighted by Gasteiger charge is -2.43. The lowest BCUT2D eigenvalue weighted by Crippen LogP contribution is -2.50. The van der Waals surface area contributed by atoms with E-state index in [1.165, 1.54) is 19.5 Å². The van der Waals surface area contributed by atoms with E-state index >= 15 is 0 Å². The molecule has 6 nitrogen and oxygen atoms in total. The molecule has 2 atom stereocenters. The van der Waals surface area contributed by atoms with Crippen LogP contribution in [-0.2, 0) is 15.4 Å². The zero-order chi connectivity index (χ0) is 14.4. The van der Waals surface area contributed by atoms with E-state index in [4.69, 9.17) is 4.74 Å². The summed E-state index contributed by atoms with van der Waals surface area (Å²) in [6.07, 6.45) is 5.72. The highest BCUT2D eigenvalue weighted by atomic mass is 32.2. The van der Waals surface area contributed by atoms with Gasteiger partial charge < -0.3 is 9.84 Å². The van der Waals surface area contributed by atoms with Gasteiger partial charge in [0.25, 0.3) is 0 Å². The summed E-state index contributed by atoms with van der Waals surface area (Å²) in [6, 6.07) is 0.237. The second kappa shape index (κ2) is 4.66. The summed E-state index contributed by atoms with van der Waals surface area (Å²) in [4.78, 5) is 8.01. The molecule has 1 aromatic rings. The topological polar surface area (TPSA) is 89.4 Å². The quantitative estimate of drug-likeness (QED) is 0.869. The van der Waals surface area contributed by atoms with Crippen LogP contribution >= 0.6 is 0 Å². The molecule has 20 heavy (non-hydrogen) atoms. The summed E-state index contributed by atoms with van der Waals surface area (Å²) in [5.41, 5.74) is -0.571. The Morgan fingerprint density at radius 1 is 1.25 bits per heavy atom. The van der Waals surface area contributed by atoms with Crippen LogP contribution in [0.5, 0.6) is 6.01 Å². The first-order chi connectivity index (χ1) is 9.45. The largest absolute Gasteiger partial charge is 0.467 e. The van der Waals surface area contributed by atoms with Crippen molar-refractivity contribution < 1.29 is 18.3 Å². The van der Waals surface area contributed by atoms with Crippen LogP contribution in [0.2, 0.25) is 0 Å². The van der Waals surface area contributed by atoms with Crippen molar-refractivity contribution in [1.82, 2.24) is 9.97 Å². The maximum atomic E-state index is 12.3.